The minimum absolute atomic E-state index is 0.116. The van der Waals surface area contributed by atoms with Gasteiger partial charge in [-0.2, -0.15) is 0 Å². The molecule has 0 aromatic heterocycles. The highest BCUT2D eigenvalue weighted by atomic mass is 32.2. The highest BCUT2D eigenvalue weighted by Gasteiger charge is 2.31. The molecule has 0 aromatic carbocycles. The van der Waals surface area contributed by atoms with Crippen LogP contribution >= 0.6 is 24.0 Å². The summed E-state index contributed by atoms with van der Waals surface area (Å²) in [6.45, 7) is 3.58. The lowest BCUT2D eigenvalue weighted by molar-refractivity contribution is 0.0545. The summed E-state index contributed by atoms with van der Waals surface area (Å²) in [7, 11) is 0. The standard InChI is InChI=1S/C6H11NOS2/c1-6(2,8)4-3-10-5(9)7-4/h4,8H,3H2,1-2H3,(H,7,9)/t4-/m1/s1. The highest BCUT2D eigenvalue weighted by molar-refractivity contribution is 8.23. The summed E-state index contributed by atoms with van der Waals surface area (Å²) in [4.78, 5) is 0. The minimum atomic E-state index is -0.659. The van der Waals surface area contributed by atoms with E-state index in [-0.39, 0.29) is 6.04 Å². The molecule has 1 saturated heterocycles. The van der Waals surface area contributed by atoms with Crippen LogP contribution in [0.1, 0.15) is 13.8 Å². The lowest BCUT2D eigenvalue weighted by atomic mass is 10.0. The topological polar surface area (TPSA) is 32.3 Å². The van der Waals surface area contributed by atoms with E-state index in [0.29, 0.717) is 0 Å². The Bertz CT molecular complexity index is 152. The molecular weight excluding hydrogens is 166 g/mol. The van der Waals surface area contributed by atoms with E-state index in [2.05, 4.69) is 5.32 Å². The summed E-state index contributed by atoms with van der Waals surface area (Å²) in [5, 5.41) is 12.5. The molecule has 4 heteroatoms. The third-order valence-electron chi connectivity index (χ3n) is 1.53. The quantitative estimate of drug-likeness (QED) is 0.579. The Balaban J connectivity index is 2.53. The summed E-state index contributed by atoms with van der Waals surface area (Å²) >= 11 is 6.50. The molecule has 10 heavy (non-hydrogen) atoms. The molecule has 1 rings (SSSR count). The van der Waals surface area contributed by atoms with E-state index >= 15 is 0 Å². The second kappa shape index (κ2) is 2.68. The van der Waals surface area contributed by atoms with Crippen LogP contribution in [0.5, 0.6) is 0 Å². The Morgan fingerprint density at radius 3 is 2.60 bits per heavy atom. The first kappa shape index (κ1) is 8.30. The van der Waals surface area contributed by atoms with E-state index in [1.807, 2.05) is 0 Å². The lowest BCUT2D eigenvalue weighted by Crippen LogP contribution is -2.45. The van der Waals surface area contributed by atoms with Crippen LogP contribution in [-0.4, -0.2) is 26.8 Å². The first-order valence-electron chi connectivity index (χ1n) is 3.16. The van der Waals surface area contributed by atoms with Crippen LogP contribution in [0.15, 0.2) is 0 Å². The van der Waals surface area contributed by atoms with Crippen LogP contribution < -0.4 is 5.32 Å². The molecule has 1 heterocycles. The van der Waals surface area contributed by atoms with Crippen LogP contribution in [0, 0.1) is 0 Å². The van der Waals surface area contributed by atoms with Gasteiger partial charge in [-0.1, -0.05) is 24.0 Å². The maximum atomic E-state index is 9.50. The zero-order valence-corrected chi connectivity index (χ0v) is 7.68. The number of thioether (sulfide) groups is 1. The third kappa shape index (κ3) is 1.84. The maximum absolute atomic E-state index is 9.50. The molecular formula is C6H11NOS2. The van der Waals surface area contributed by atoms with Gasteiger partial charge >= 0.3 is 0 Å². The van der Waals surface area contributed by atoms with Gasteiger partial charge in [-0.3, -0.25) is 0 Å². The van der Waals surface area contributed by atoms with Gasteiger partial charge in [0.2, 0.25) is 0 Å². The predicted molar refractivity (Wildman–Crippen MR) is 48.3 cm³/mol. The summed E-state index contributed by atoms with van der Waals surface area (Å²) in [5.74, 6) is 0.877. The van der Waals surface area contributed by atoms with Crippen LogP contribution in [-0.2, 0) is 0 Å². The van der Waals surface area contributed by atoms with Gasteiger partial charge < -0.3 is 10.4 Å². The largest absolute Gasteiger partial charge is 0.388 e. The molecule has 1 fully saturated rings. The highest BCUT2D eigenvalue weighted by Crippen LogP contribution is 2.21. The average Bonchev–Trinajstić information content (AvgIpc) is 2.11. The second-order valence-corrected chi connectivity index (χ2v) is 4.65. The van der Waals surface area contributed by atoms with Crippen molar-refractivity contribution in [2.75, 3.05) is 5.75 Å². The fourth-order valence-corrected chi connectivity index (χ4v) is 2.15. The third-order valence-corrected chi connectivity index (χ3v) is 2.88. The molecule has 0 aliphatic carbocycles. The van der Waals surface area contributed by atoms with Crippen LogP contribution in [0.3, 0.4) is 0 Å². The van der Waals surface area contributed by atoms with Gasteiger partial charge in [0.15, 0.2) is 0 Å². The van der Waals surface area contributed by atoms with Crippen molar-refractivity contribution in [3.05, 3.63) is 0 Å². The second-order valence-electron chi connectivity index (χ2n) is 2.95. The van der Waals surface area contributed by atoms with Gasteiger partial charge in [0.05, 0.1) is 11.6 Å². The van der Waals surface area contributed by atoms with Crippen LogP contribution in [0.2, 0.25) is 0 Å². The molecule has 58 valence electrons. The molecule has 0 aromatic rings. The minimum Gasteiger partial charge on any atom is -0.388 e. The van der Waals surface area contributed by atoms with Crippen molar-refractivity contribution in [2.45, 2.75) is 25.5 Å². The first-order chi connectivity index (χ1) is 4.50. The van der Waals surface area contributed by atoms with Gasteiger partial charge in [-0.05, 0) is 13.8 Å². The molecule has 1 atom stereocenters. The molecule has 0 bridgehead atoms. The van der Waals surface area contributed by atoms with Gasteiger partial charge in [0.1, 0.15) is 4.32 Å². The molecule has 0 spiro atoms. The fourth-order valence-electron chi connectivity index (χ4n) is 0.765. The molecule has 2 nitrogen and oxygen atoms in total. The molecule has 1 aliphatic heterocycles. The maximum Gasteiger partial charge on any atom is 0.134 e. The van der Waals surface area contributed by atoms with Gasteiger partial charge in [0.25, 0.3) is 0 Å². The normalized spacial score (nSPS) is 26.7. The van der Waals surface area contributed by atoms with Crippen LogP contribution in [0.25, 0.3) is 0 Å². The van der Waals surface area contributed by atoms with Crippen molar-refractivity contribution in [2.24, 2.45) is 0 Å². The SMILES string of the molecule is CC(C)(O)[C@H]1CSC(=S)N1. The number of thiocarbonyl (C=S) groups is 1. The molecule has 0 amide bonds. The first-order valence-corrected chi connectivity index (χ1v) is 4.55. The van der Waals surface area contributed by atoms with Crippen molar-refractivity contribution < 1.29 is 5.11 Å². The molecule has 0 radical (unpaired) electrons. The van der Waals surface area contributed by atoms with Crippen molar-refractivity contribution in [1.29, 1.82) is 0 Å². The Morgan fingerprint density at radius 2 is 2.40 bits per heavy atom. The Labute approximate surface area is 70.4 Å². The Morgan fingerprint density at radius 1 is 1.80 bits per heavy atom. The van der Waals surface area contributed by atoms with E-state index in [9.17, 15) is 5.11 Å². The number of aliphatic hydroxyl groups is 1. The molecule has 0 saturated carbocycles. The lowest BCUT2D eigenvalue weighted by Gasteiger charge is -2.24. The molecule has 2 N–H and O–H groups in total. The number of hydrogen-bond donors (Lipinski definition) is 2. The Kier molecular flexibility index (Phi) is 2.22. The summed E-state index contributed by atoms with van der Waals surface area (Å²) < 4.78 is 0.798. The fraction of sp³-hybridized carbons (Fsp3) is 0.833. The van der Waals surface area contributed by atoms with Crippen molar-refractivity contribution in [3.63, 3.8) is 0 Å². The molecule has 0 unspecified atom stereocenters. The van der Waals surface area contributed by atoms with E-state index in [1.54, 1.807) is 25.6 Å². The zero-order valence-electron chi connectivity index (χ0n) is 6.05. The van der Waals surface area contributed by atoms with Gasteiger partial charge in [0, 0.05) is 5.75 Å². The number of rotatable bonds is 1. The van der Waals surface area contributed by atoms with Crippen molar-refractivity contribution in [1.82, 2.24) is 5.32 Å². The smallest absolute Gasteiger partial charge is 0.134 e. The predicted octanol–water partition coefficient (Wildman–Crippen LogP) is 0.747. The summed E-state index contributed by atoms with van der Waals surface area (Å²) in [6, 6.07) is 0.116. The van der Waals surface area contributed by atoms with E-state index < -0.39 is 5.60 Å². The van der Waals surface area contributed by atoms with E-state index in [1.165, 1.54) is 0 Å². The molecule has 1 aliphatic rings. The summed E-state index contributed by atoms with van der Waals surface area (Å²) in [6.07, 6.45) is 0. The number of nitrogens with one attached hydrogen (secondary N) is 1. The van der Waals surface area contributed by atoms with E-state index in [0.717, 1.165) is 10.1 Å². The van der Waals surface area contributed by atoms with E-state index in [4.69, 9.17) is 12.2 Å². The van der Waals surface area contributed by atoms with Crippen molar-refractivity contribution in [3.8, 4) is 0 Å². The average molecular weight is 177 g/mol. The summed E-state index contributed by atoms with van der Waals surface area (Å²) in [5.41, 5.74) is -0.659. The monoisotopic (exact) mass is 177 g/mol. The van der Waals surface area contributed by atoms with Crippen molar-refractivity contribution >= 4 is 28.3 Å². The number of hydrogen-bond acceptors (Lipinski definition) is 3. The Hall–Kier alpha value is 0.200. The van der Waals surface area contributed by atoms with Gasteiger partial charge in [-0.15, -0.1) is 0 Å². The van der Waals surface area contributed by atoms with Crippen LogP contribution in [0.4, 0.5) is 0 Å². The zero-order chi connectivity index (χ0) is 7.78. The van der Waals surface area contributed by atoms with Gasteiger partial charge in [-0.25, -0.2) is 0 Å².